The van der Waals surface area contributed by atoms with Crippen LogP contribution in [0.5, 0.6) is 0 Å². The van der Waals surface area contributed by atoms with Crippen molar-refractivity contribution >= 4 is 0 Å². The van der Waals surface area contributed by atoms with Gasteiger partial charge >= 0.3 is 0 Å². The van der Waals surface area contributed by atoms with Crippen molar-refractivity contribution in [2.24, 2.45) is 0 Å². The minimum Gasteiger partial charge on any atom is -0.245 e. The highest BCUT2D eigenvalue weighted by molar-refractivity contribution is 5.18. The SMILES string of the molecule is Cc1c(CC#N)nnn1Cc1ccc(F)cc1. The lowest BCUT2D eigenvalue weighted by molar-refractivity contribution is 0.617. The van der Waals surface area contributed by atoms with Crippen LogP contribution in [0.25, 0.3) is 0 Å². The van der Waals surface area contributed by atoms with E-state index >= 15 is 0 Å². The summed E-state index contributed by atoms with van der Waals surface area (Å²) in [5.41, 5.74) is 2.51. The van der Waals surface area contributed by atoms with Crippen molar-refractivity contribution in [3.8, 4) is 6.07 Å². The fourth-order valence-electron chi connectivity index (χ4n) is 1.55. The molecule has 0 unspecified atom stereocenters. The Hall–Kier alpha value is -2.22. The highest BCUT2D eigenvalue weighted by atomic mass is 19.1. The molecule has 0 atom stereocenters. The average Bonchev–Trinajstić information content (AvgIpc) is 2.65. The van der Waals surface area contributed by atoms with E-state index in [1.54, 1.807) is 16.8 Å². The van der Waals surface area contributed by atoms with E-state index in [4.69, 9.17) is 5.26 Å². The first-order chi connectivity index (χ1) is 8.20. The van der Waals surface area contributed by atoms with Crippen molar-refractivity contribution in [3.63, 3.8) is 0 Å². The van der Waals surface area contributed by atoms with Crippen LogP contribution in [0.15, 0.2) is 24.3 Å². The molecule has 0 saturated carbocycles. The maximum absolute atomic E-state index is 12.7. The minimum absolute atomic E-state index is 0.255. The van der Waals surface area contributed by atoms with Crippen molar-refractivity contribution in [1.29, 1.82) is 5.26 Å². The van der Waals surface area contributed by atoms with E-state index in [1.165, 1.54) is 12.1 Å². The van der Waals surface area contributed by atoms with Crippen molar-refractivity contribution < 1.29 is 4.39 Å². The van der Waals surface area contributed by atoms with Crippen LogP contribution in [0.2, 0.25) is 0 Å². The van der Waals surface area contributed by atoms with E-state index in [0.717, 1.165) is 11.3 Å². The number of nitriles is 1. The molecule has 1 aromatic carbocycles. The summed E-state index contributed by atoms with van der Waals surface area (Å²) in [5, 5.41) is 16.5. The summed E-state index contributed by atoms with van der Waals surface area (Å²) in [6, 6.07) is 8.29. The zero-order chi connectivity index (χ0) is 12.3. The highest BCUT2D eigenvalue weighted by Crippen LogP contribution is 2.09. The van der Waals surface area contributed by atoms with Crippen LogP contribution < -0.4 is 0 Å². The molecule has 5 heteroatoms. The Bertz CT molecular complexity index is 551. The zero-order valence-electron chi connectivity index (χ0n) is 9.39. The Balaban J connectivity index is 2.19. The van der Waals surface area contributed by atoms with Gasteiger partial charge in [0.2, 0.25) is 0 Å². The monoisotopic (exact) mass is 230 g/mol. The van der Waals surface area contributed by atoms with E-state index in [0.29, 0.717) is 12.2 Å². The standard InChI is InChI=1S/C12H11FN4/c1-9-12(6-7-14)15-16-17(9)8-10-2-4-11(13)5-3-10/h2-5H,6,8H2,1H3. The molecule has 86 valence electrons. The van der Waals surface area contributed by atoms with Crippen LogP contribution in [-0.2, 0) is 13.0 Å². The van der Waals surface area contributed by atoms with Gasteiger partial charge in [0, 0.05) is 0 Å². The van der Waals surface area contributed by atoms with Gasteiger partial charge in [-0.25, -0.2) is 9.07 Å². The van der Waals surface area contributed by atoms with E-state index in [1.807, 2.05) is 13.0 Å². The van der Waals surface area contributed by atoms with Crippen LogP contribution in [-0.4, -0.2) is 15.0 Å². The third kappa shape index (κ3) is 2.48. The Labute approximate surface area is 98.3 Å². The van der Waals surface area contributed by atoms with Crippen molar-refractivity contribution in [2.75, 3.05) is 0 Å². The number of rotatable bonds is 3. The van der Waals surface area contributed by atoms with Gasteiger partial charge in [-0.15, -0.1) is 5.10 Å². The molecule has 0 saturated heterocycles. The summed E-state index contributed by atoms with van der Waals surface area (Å²) >= 11 is 0. The van der Waals surface area contributed by atoms with Gasteiger partial charge in [-0.1, -0.05) is 17.3 Å². The molecule has 2 rings (SSSR count). The third-order valence-corrected chi connectivity index (χ3v) is 2.57. The molecule has 4 nitrogen and oxygen atoms in total. The molecule has 17 heavy (non-hydrogen) atoms. The van der Waals surface area contributed by atoms with Crippen LogP contribution in [0.3, 0.4) is 0 Å². The number of benzene rings is 1. The smallest absolute Gasteiger partial charge is 0.123 e. The Kier molecular flexibility index (Phi) is 3.15. The second-order valence-corrected chi connectivity index (χ2v) is 3.74. The van der Waals surface area contributed by atoms with Crippen LogP contribution in [0.4, 0.5) is 4.39 Å². The molecule has 2 aromatic rings. The van der Waals surface area contributed by atoms with Crippen LogP contribution >= 0.6 is 0 Å². The summed E-state index contributed by atoms with van der Waals surface area (Å²) in [6.07, 6.45) is 0.259. The lowest BCUT2D eigenvalue weighted by Gasteiger charge is -2.03. The Morgan fingerprint density at radius 1 is 1.35 bits per heavy atom. The fourth-order valence-corrected chi connectivity index (χ4v) is 1.55. The number of halogens is 1. The predicted octanol–water partition coefficient (Wildman–Crippen LogP) is 1.84. The predicted molar refractivity (Wildman–Crippen MR) is 59.6 cm³/mol. The van der Waals surface area contributed by atoms with E-state index in [9.17, 15) is 4.39 Å². The third-order valence-electron chi connectivity index (χ3n) is 2.57. The quantitative estimate of drug-likeness (QED) is 0.808. The van der Waals surface area contributed by atoms with Gasteiger partial charge < -0.3 is 0 Å². The van der Waals surface area contributed by atoms with Crippen LogP contribution in [0, 0.1) is 24.1 Å². The summed E-state index contributed by atoms with van der Waals surface area (Å²) in [7, 11) is 0. The lowest BCUT2D eigenvalue weighted by Crippen LogP contribution is -2.04. The van der Waals surface area contributed by atoms with Gasteiger partial charge in [0.05, 0.1) is 30.4 Å². The molecule has 0 spiro atoms. The average molecular weight is 230 g/mol. The topological polar surface area (TPSA) is 54.5 Å². The lowest BCUT2D eigenvalue weighted by atomic mass is 10.2. The second kappa shape index (κ2) is 4.74. The van der Waals surface area contributed by atoms with Gasteiger partial charge in [0.15, 0.2) is 0 Å². The molecule has 1 heterocycles. The van der Waals surface area contributed by atoms with Gasteiger partial charge in [0.1, 0.15) is 5.82 Å². The zero-order valence-corrected chi connectivity index (χ0v) is 9.39. The molecule has 0 aliphatic rings. The van der Waals surface area contributed by atoms with Gasteiger partial charge in [-0.3, -0.25) is 0 Å². The number of aromatic nitrogens is 3. The van der Waals surface area contributed by atoms with E-state index < -0.39 is 0 Å². The highest BCUT2D eigenvalue weighted by Gasteiger charge is 2.08. The molecular weight excluding hydrogens is 219 g/mol. The van der Waals surface area contributed by atoms with E-state index in [2.05, 4.69) is 10.3 Å². The van der Waals surface area contributed by atoms with Gasteiger partial charge in [0.25, 0.3) is 0 Å². The normalized spacial score (nSPS) is 10.2. The van der Waals surface area contributed by atoms with Crippen molar-refractivity contribution in [3.05, 3.63) is 47.0 Å². The second-order valence-electron chi connectivity index (χ2n) is 3.74. The molecule has 1 aromatic heterocycles. The molecule has 0 amide bonds. The molecular formula is C12H11FN4. The molecule has 0 aliphatic carbocycles. The van der Waals surface area contributed by atoms with Gasteiger partial charge in [-0.2, -0.15) is 5.26 Å². The van der Waals surface area contributed by atoms with E-state index in [-0.39, 0.29) is 12.2 Å². The van der Waals surface area contributed by atoms with Crippen LogP contribution in [0.1, 0.15) is 17.0 Å². The number of hydrogen-bond donors (Lipinski definition) is 0. The fraction of sp³-hybridized carbons (Fsp3) is 0.250. The Morgan fingerprint density at radius 3 is 2.71 bits per heavy atom. The molecule has 0 aliphatic heterocycles. The molecule has 0 radical (unpaired) electrons. The van der Waals surface area contributed by atoms with Gasteiger partial charge in [-0.05, 0) is 24.6 Å². The maximum atomic E-state index is 12.7. The summed E-state index contributed by atoms with van der Waals surface area (Å²) in [4.78, 5) is 0. The van der Waals surface area contributed by atoms with Crippen molar-refractivity contribution in [1.82, 2.24) is 15.0 Å². The largest absolute Gasteiger partial charge is 0.245 e. The maximum Gasteiger partial charge on any atom is 0.123 e. The molecule has 0 N–H and O–H groups in total. The summed E-state index contributed by atoms with van der Waals surface area (Å²) in [6.45, 7) is 2.40. The first-order valence-corrected chi connectivity index (χ1v) is 5.21. The molecule has 0 bridgehead atoms. The number of nitrogens with zero attached hydrogens (tertiary/aromatic N) is 4. The first-order valence-electron chi connectivity index (χ1n) is 5.21. The first kappa shape index (κ1) is 11.3. The van der Waals surface area contributed by atoms with Crippen molar-refractivity contribution in [2.45, 2.75) is 19.9 Å². The minimum atomic E-state index is -0.255. The Morgan fingerprint density at radius 2 is 2.06 bits per heavy atom. The summed E-state index contributed by atoms with van der Waals surface area (Å²) in [5.74, 6) is -0.255. The molecule has 0 fully saturated rings. The summed E-state index contributed by atoms with van der Waals surface area (Å²) < 4.78 is 14.4. The number of hydrogen-bond acceptors (Lipinski definition) is 3.